The first kappa shape index (κ1) is 22.5. The average molecular weight is 477 g/mol. The van der Waals surface area contributed by atoms with Gasteiger partial charge in [-0.3, -0.25) is 4.79 Å². The maximum atomic E-state index is 13.5. The van der Waals surface area contributed by atoms with E-state index in [0.717, 1.165) is 11.8 Å². The van der Waals surface area contributed by atoms with Crippen molar-refractivity contribution >= 4 is 38.9 Å². The highest BCUT2D eigenvalue weighted by molar-refractivity contribution is 7.90. The molecule has 3 aromatic rings. The summed E-state index contributed by atoms with van der Waals surface area (Å²) in [5.41, 5.74) is 1.32. The summed E-state index contributed by atoms with van der Waals surface area (Å²) in [7, 11) is -3.46. The molecular formula is C21H18F3N5O3S. The van der Waals surface area contributed by atoms with Crippen LogP contribution in [0.4, 0.5) is 36.3 Å². The number of nitrogens with one attached hydrogen (secondary N) is 3. The fourth-order valence-electron chi connectivity index (χ4n) is 3.28. The van der Waals surface area contributed by atoms with E-state index in [0.29, 0.717) is 23.1 Å². The minimum absolute atomic E-state index is 0.0617. The van der Waals surface area contributed by atoms with Crippen LogP contribution in [0.2, 0.25) is 0 Å². The Bertz CT molecular complexity index is 1340. The van der Waals surface area contributed by atoms with Crippen LogP contribution >= 0.6 is 0 Å². The van der Waals surface area contributed by atoms with Gasteiger partial charge in [0.15, 0.2) is 9.84 Å². The molecule has 0 aliphatic carbocycles. The van der Waals surface area contributed by atoms with Crippen LogP contribution in [0.25, 0.3) is 0 Å². The van der Waals surface area contributed by atoms with E-state index in [2.05, 4.69) is 25.9 Å². The molecule has 0 fully saturated rings. The van der Waals surface area contributed by atoms with E-state index >= 15 is 0 Å². The first-order valence-electron chi connectivity index (χ1n) is 9.66. The predicted octanol–water partition coefficient (Wildman–Crippen LogP) is 3.75. The third-order valence-corrected chi connectivity index (χ3v) is 5.98. The Morgan fingerprint density at radius 2 is 1.94 bits per heavy atom. The van der Waals surface area contributed by atoms with Crippen molar-refractivity contribution in [3.8, 4) is 0 Å². The van der Waals surface area contributed by atoms with Gasteiger partial charge in [-0.05, 0) is 35.4 Å². The zero-order valence-corrected chi connectivity index (χ0v) is 18.0. The molecule has 0 saturated heterocycles. The van der Waals surface area contributed by atoms with Gasteiger partial charge < -0.3 is 16.0 Å². The van der Waals surface area contributed by atoms with Gasteiger partial charge in [0, 0.05) is 30.4 Å². The molecule has 4 rings (SSSR count). The van der Waals surface area contributed by atoms with Crippen molar-refractivity contribution < 1.29 is 26.4 Å². The molecule has 1 aliphatic rings. The number of carbonyl (C=O) groups excluding carboxylic acids is 1. The Labute approximate surface area is 187 Å². The maximum Gasteiger partial charge on any atom is 0.421 e. The molecule has 1 amide bonds. The van der Waals surface area contributed by atoms with Gasteiger partial charge in [0.05, 0.1) is 11.3 Å². The van der Waals surface area contributed by atoms with Crippen molar-refractivity contribution in [1.82, 2.24) is 9.97 Å². The van der Waals surface area contributed by atoms with Crippen LogP contribution in [0.15, 0.2) is 53.6 Å². The lowest BCUT2D eigenvalue weighted by Gasteiger charge is -2.15. The first-order valence-corrected chi connectivity index (χ1v) is 11.5. The number of hydrogen-bond acceptors (Lipinski definition) is 7. The van der Waals surface area contributed by atoms with Gasteiger partial charge in [0.2, 0.25) is 11.9 Å². The molecule has 0 saturated carbocycles. The molecule has 1 aliphatic heterocycles. The number of halogens is 3. The number of hydrogen-bond donors (Lipinski definition) is 3. The van der Waals surface area contributed by atoms with Crippen molar-refractivity contribution in [3.05, 3.63) is 65.4 Å². The molecule has 2 aromatic carbocycles. The van der Waals surface area contributed by atoms with Crippen LogP contribution in [0.3, 0.4) is 0 Å². The average Bonchev–Trinajstić information content (AvgIpc) is 3.10. The van der Waals surface area contributed by atoms with Crippen LogP contribution < -0.4 is 16.0 Å². The second kappa shape index (κ2) is 8.35. The number of rotatable bonds is 6. The lowest BCUT2D eigenvalue weighted by molar-refractivity contribution is -0.137. The Kier molecular flexibility index (Phi) is 5.70. The van der Waals surface area contributed by atoms with Crippen LogP contribution in [-0.4, -0.2) is 30.5 Å². The second-order valence-corrected chi connectivity index (χ2v) is 9.46. The molecule has 0 bridgehead atoms. The van der Waals surface area contributed by atoms with Crippen molar-refractivity contribution in [3.63, 3.8) is 0 Å². The van der Waals surface area contributed by atoms with Gasteiger partial charge in [0.25, 0.3) is 0 Å². The van der Waals surface area contributed by atoms with Gasteiger partial charge in [0.1, 0.15) is 11.4 Å². The molecule has 0 unspecified atom stereocenters. The van der Waals surface area contributed by atoms with E-state index in [1.54, 1.807) is 24.3 Å². The molecule has 3 N–H and O–H groups in total. The Balaban J connectivity index is 1.58. The number of sulfone groups is 1. The van der Waals surface area contributed by atoms with Gasteiger partial charge in [-0.1, -0.05) is 18.2 Å². The maximum absolute atomic E-state index is 13.5. The minimum atomic E-state index is -4.70. The molecule has 33 heavy (non-hydrogen) atoms. The molecule has 1 aromatic heterocycles. The highest BCUT2D eigenvalue weighted by Gasteiger charge is 2.35. The van der Waals surface area contributed by atoms with E-state index in [9.17, 15) is 26.4 Å². The van der Waals surface area contributed by atoms with Gasteiger partial charge in [-0.2, -0.15) is 18.2 Å². The highest BCUT2D eigenvalue weighted by atomic mass is 32.2. The number of benzene rings is 2. The van der Waals surface area contributed by atoms with E-state index in [1.807, 2.05) is 0 Å². The lowest BCUT2D eigenvalue weighted by atomic mass is 10.1. The summed E-state index contributed by atoms with van der Waals surface area (Å²) in [5, 5.41) is 8.15. The number of fused-ring (bicyclic) bond motifs is 1. The SMILES string of the molecule is CS(=O)(=O)c1cccc(CNc2nc(Nc3ccc4c(c3)NC(=O)C4)ncc2C(F)(F)F)c1. The third kappa shape index (κ3) is 5.22. The molecule has 0 radical (unpaired) electrons. The van der Waals surface area contributed by atoms with E-state index < -0.39 is 27.4 Å². The number of amides is 1. The second-order valence-electron chi connectivity index (χ2n) is 7.45. The summed E-state index contributed by atoms with van der Waals surface area (Å²) in [4.78, 5) is 19.3. The largest absolute Gasteiger partial charge is 0.421 e. The summed E-state index contributed by atoms with van der Waals surface area (Å²) in [6.45, 7) is -0.0895. The summed E-state index contributed by atoms with van der Waals surface area (Å²) >= 11 is 0. The minimum Gasteiger partial charge on any atom is -0.365 e. The fourth-order valence-corrected chi connectivity index (χ4v) is 3.97. The topological polar surface area (TPSA) is 113 Å². The van der Waals surface area contributed by atoms with Crippen molar-refractivity contribution in [2.45, 2.75) is 24.0 Å². The van der Waals surface area contributed by atoms with Crippen molar-refractivity contribution in [2.24, 2.45) is 0 Å². The van der Waals surface area contributed by atoms with Crippen LogP contribution in [0.5, 0.6) is 0 Å². The number of aromatic nitrogens is 2. The zero-order valence-electron chi connectivity index (χ0n) is 17.2. The van der Waals surface area contributed by atoms with Gasteiger partial charge >= 0.3 is 6.18 Å². The van der Waals surface area contributed by atoms with E-state index in [1.165, 1.54) is 18.2 Å². The Morgan fingerprint density at radius 3 is 2.67 bits per heavy atom. The molecular weight excluding hydrogens is 459 g/mol. The quantitative estimate of drug-likeness (QED) is 0.496. The smallest absolute Gasteiger partial charge is 0.365 e. The normalized spacial score (nSPS) is 13.4. The monoisotopic (exact) mass is 477 g/mol. The molecule has 172 valence electrons. The number of alkyl halides is 3. The molecule has 0 spiro atoms. The van der Waals surface area contributed by atoms with Gasteiger partial charge in [-0.25, -0.2) is 13.4 Å². The predicted molar refractivity (Wildman–Crippen MR) is 116 cm³/mol. The standard InChI is InChI=1S/C21H18F3N5O3S/c1-33(31,32)15-4-2-3-12(7-15)10-25-19-16(21(22,23)24)11-26-20(29-19)27-14-6-5-13-8-18(30)28-17(13)9-14/h2-7,9,11H,8,10H2,1H3,(H,28,30)(H2,25,26,27,29). The zero-order chi connectivity index (χ0) is 23.8. The summed E-state index contributed by atoms with van der Waals surface area (Å²) in [5.74, 6) is -0.682. The van der Waals surface area contributed by atoms with Crippen LogP contribution in [0.1, 0.15) is 16.7 Å². The van der Waals surface area contributed by atoms with Crippen LogP contribution in [0, 0.1) is 0 Å². The molecule has 12 heteroatoms. The highest BCUT2D eigenvalue weighted by Crippen LogP contribution is 2.35. The molecule has 8 nitrogen and oxygen atoms in total. The van der Waals surface area contributed by atoms with Crippen molar-refractivity contribution in [1.29, 1.82) is 0 Å². The number of nitrogens with zero attached hydrogens (tertiary/aromatic N) is 2. The summed E-state index contributed by atoms with van der Waals surface area (Å²) in [6.07, 6.45) is -2.72. The number of anilines is 4. The molecule has 0 atom stereocenters. The third-order valence-electron chi connectivity index (χ3n) is 4.87. The lowest BCUT2D eigenvalue weighted by Crippen LogP contribution is -2.14. The van der Waals surface area contributed by atoms with Crippen molar-refractivity contribution in [2.75, 3.05) is 22.2 Å². The van der Waals surface area contributed by atoms with Gasteiger partial charge in [-0.15, -0.1) is 0 Å². The Morgan fingerprint density at radius 1 is 1.15 bits per heavy atom. The van der Waals surface area contributed by atoms with E-state index in [4.69, 9.17) is 0 Å². The summed E-state index contributed by atoms with van der Waals surface area (Å²) in [6, 6.07) is 10.9. The fraction of sp³-hybridized carbons (Fsp3) is 0.190. The van der Waals surface area contributed by atoms with Crippen LogP contribution in [-0.2, 0) is 33.8 Å². The first-order chi connectivity index (χ1) is 15.5. The summed E-state index contributed by atoms with van der Waals surface area (Å²) < 4.78 is 63.9. The van der Waals surface area contributed by atoms with E-state index in [-0.39, 0.29) is 29.7 Å². The number of carbonyl (C=O) groups is 1. The molecule has 2 heterocycles. The Hall–Kier alpha value is -3.67.